The number of hydrogen-bond acceptors (Lipinski definition) is 2. The lowest BCUT2D eigenvalue weighted by Gasteiger charge is -2.09. The van der Waals surface area contributed by atoms with Gasteiger partial charge in [0.15, 0.2) is 0 Å². The van der Waals surface area contributed by atoms with Gasteiger partial charge in [-0.25, -0.2) is 0 Å². The number of nitrogens with one attached hydrogen (secondary N) is 1. The van der Waals surface area contributed by atoms with Crippen LogP contribution in [0.5, 0.6) is 0 Å². The molecule has 0 aliphatic carbocycles. The molecule has 0 aliphatic rings. The Labute approximate surface area is 102 Å². The number of hydrogen-bond donors (Lipinski definition) is 2. The van der Waals surface area contributed by atoms with Crippen LogP contribution in [0.1, 0.15) is 71.6 Å². The van der Waals surface area contributed by atoms with Gasteiger partial charge in [0.1, 0.15) is 0 Å². The maximum atomic E-state index is 4.40. The molecule has 1 N–H and O–H groups in total. The molecule has 15 heavy (non-hydrogen) atoms. The molecule has 1 atom stereocenters. The van der Waals surface area contributed by atoms with E-state index < -0.39 is 0 Å². The Morgan fingerprint density at radius 3 is 1.93 bits per heavy atom. The standard InChI is InChI=1S/C13H29NS/c1-3-5-6-7-8-9-10-11-12-14-13(15)4-2/h13-15H,3-12H2,1-2H3. The van der Waals surface area contributed by atoms with Crippen molar-refractivity contribution in [3.8, 4) is 0 Å². The average molecular weight is 231 g/mol. The Morgan fingerprint density at radius 1 is 0.867 bits per heavy atom. The summed E-state index contributed by atoms with van der Waals surface area (Å²) >= 11 is 4.40. The normalized spacial score (nSPS) is 13.0. The first kappa shape index (κ1) is 15.3. The molecule has 0 fully saturated rings. The highest BCUT2D eigenvalue weighted by atomic mass is 32.1. The van der Waals surface area contributed by atoms with Gasteiger partial charge >= 0.3 is 0 Å². The van der Waals surface area contributed by atoms with Gasteiger partial charge in [0, 0.05) is 5.37 Å². The van der Waals surface area contributed by atoms with E-state index in [0.717, 1.165) is 13.0 Å². The van der Waals surface area contributed by atoms with Crippen LogP contribution in [0.3, 0.4) is 0 Å². The van der Waals surface area contributed by atoms with E-state index in [1.54, 1.807) is 0 Å². The van der Waals surface area contributed by atoms with Gasteiger partial charge in [-0.05, 0) is 19.4 Å². The fraction of sp³-hybridized carbons (Fsp3) is 1.00. The lowest BCUT2D eigenvalue weighted by molar-refractivity contribution is 0.546. The minimum atomic E-state index is 0.398. The molecule has 0 aromatic heterocycles. The van der Waals surface area contributed by atoms with Crippen molar-refractivity contribution in [2.75, 3.05) is 6.54 Å². The Balaban J connectivity index is 2.92. The van der Waals surface area contributed by atoms with Gasteiger partial charge in [-0.3, -0.25) is 0 Å². The topological polar surface area (TPSA) is 12.0 Å². The van der Waals surface area contributed by atoms with Crippen molar-refractivity contribution in [1.82, 2.24) is 5.32 Å². The summed E-state index contributed by atoms with van der Waals surface area (Å²) < 4.78 is 0. The van der Waals surface area contributed by atoms with E-state index >= 15 is 0 Å². The predicted octanol–water partition coefficient (Wildman–Crippen LogP) is 4.38. The molecule has 1 nitrogen and oxygen atoms in total. The fourth-order valence-electron chi connectivity index (χ4n) is 1.67. The van der Waals surface area contributed by atoms with Crippen LogP contribution in [0.4, 0.5) is 0 Å². The Kier molecular flexibility index (Phi) is 12.6. The lowest BCUT2D eigenvalue weighted by Crippen LogP contribution is -2.23. The van der Waals surface area contributed by atoms with Crippen molar-refractivity contribution in [1.29, 1.82) is 0 Å². The average Bonchev–Trinajstić information content (AvgIpc) is 2.26. The number of unbranched alkanes of at least 4 members (excludes halogenated alkanes) is 7. The Morgan fingerprint density at radius 2 is 1.40 bits per heavy atom. The van der Waals surface area contributed by atoms with Crippen LogP contribution in [0.25, 0.3) is 0 Å². The van der Waals surface area contributed by atoms with Crippen molar-refractivity contribution >= 4 is 12.6 Å². The van der Waals surface area contributed by atoms with Crippen LogP contribution in [-0.4, -0.2) is 11.9 Å². The minimum Gasteiger partial charge on any atom is -0.306 e. The van der Waals surface area contributed by atoms with E-state index in [2.05, 4.69) is 31.8 Å². The van der Waals surface area contributed by atoms with Crippen molar-refractivity contribution < 1.29 is 0 Å². The highest BCUT2D eigenvalue weighted by molar-refractivity contribution is 7.80. The Hall–Kier alpha value is 0.310. The minimum absolute atomic E-state index is 0.398. The van der Waals surface area contributed by atoms with Gasteiger partial charge < -0.3 is 5.32 Å². The molecule has 92 valence electrons. The summed E-state index contributed by atoms with van der Waals surface area (Å²) in [6.45, 7) is 5.57. The lowest BCUT2D eigenvalue weighted by atomic mass is 10.1. The Bertz CT molecular complexity index is 117. The molecule has 2 heteroatoms. The second-order valence-corrected chi connectivity index (χ2v) is 4.98. The van der Waals surface area contributed by atoms with Gasteiger partial charge in [-0.15, -0.1) is 0 Å². The molecule has 0 spiro atoms. The number of rotatable bonds is 11. The van der Waals surface area contributed by atoms with E-state index in [4.69, 9.17) is 0 Å². The van der Waals surface area contributed by atoms with Crippen LogP contribution in [0, 0.1) is 0 Å². The van der Waals surface area contributed by atoms with Crippen molar-refractivity contribution in [3.05, 3.63) is 0 Å². The highest BCUT2D eigenvalue weighted by Gasteiger charge is 1.96. The van der Waals surface area contributed by atoms with Gasteiger partial charge in [-0.1, -0.05) is 58.8 Å². The van der Waals surface area contributed by atoms with E-state index in [-0.39, 0.29) is 0 Å². The molecule has 0 aromatic rings. The summed E-state index contributed by atoms with van der Waals surface area (Å²) in [4.78, 5) is 0. The third-order valence-corrected chi connectivity index (χ3v) is 3.34. The predicted molar refractivity (Wildman–Crippen MR) is 73.7 cm³/mol. The molecule has 0 saturated carbocycles. The zero-order valence-electron chi connectivity index (χ0n) is 10.6. The van der Waals surface area contributed by atoms with Gasteiger partial charge in [-0.2, -0.15) is 12.6 Å². The smallest absolute Gasteiger partial charge is 0.0499 e. The van der Waals surface area contributed by atoms with E-state index in [1.807, 2.05) is 0 Å². The summed E-state index contributed by atoms with van der Waals surface area (Å²) in [5.74, 6) is 0. The molecule has 0 amide bonds. The molecule has 0 bridgehead atoms. The van der Waals surface area contributed by atoms with E-state index in [9.17, 15) is 0 Å². The summed E-state index contributed by atoms with van der Waals surface area (Å²) in [6, 6.07) is 0. The van der Waals surface area contributed by atoms with Crippen LogP contribution >= 0.6 is 12.6 Å². The van der Waals surface area contributed by atoms with Gasteiger partial charge in [0.2, 0.25) is 0 Å². The molecule has 0 rings (SSSR count). The maximum absolute atomic E-state index is 4.40. The van der Waals surface area contributed by atoms with Crippen LogP contribution < -0.4 is 5.32 Å². The van der Waals surface area contributed by atoms with Crippen molar-refractivity contribution in [3.63, 3.8) is 0 Å². The van der Waals surface area contributed by atoms with Crippen molar-refractivity contribution in [2.24, 2.45) is 0 Å². The first-order valence-electron chi connectivity index (χ1n) is 6.72. The van der Waals surface area contributed by atoms with Crippen LogP contribution in [0.2, 0.25) is 0 Å². The molecule has 1 unspecified atom stereocenters. The zero-order valence-corrected chi connectivity index (χ0v) is 11.5. The van der Waals surface area contributed by atoms with Crippen LogP contribution in [-0.2, 0) is 0 Å². The van der Waals surface area contributed by atoms with Crippen molar-refractivity contribution in [2.45, 2.75) is 77.0 Å². The molecule has 0 saturated heterocycles. The molecule has 0 aliphatic heterocycles. The van der Waals surface area contributed by atoms with Gasteiger partial charge in [0.25, 0.3) is 0 Å². The summed E-state index contributed by atoms with van der Waals surface area (Å²) in [7, 11) is 0. The quantitative estimate of drug-likeness (QED) is 0.305. The first-order chi connectivity index (χ1) is 7.31. The summed E-state index contributed by atoms with van der Waals surface area (Å²) in [6.07, 6.45) is 12.3. The molecular weight excluding hydrogens is 202 g/mol. The molecule has 0 aromatic carbocycles. The summed E-state index contributed by atoms with van der Waals surface area (Å²) in [5, 5.41) is 3.81. The number of thiol groups is 1. The second kappa shape index (κ2) is 12.4. The third-order valence-electron chi connectivity index (χ3n) is 2.80. The zero-order chi connectivity index (χ0) is 11.4. The summed E-state index contributed by atoms with van der Waals surface area (Å²) in [5.41, 5.74) is 0. The van der Waals surface area contributed by atoms with Crippen LogP contribution in [0.15, 0.2) is 0 Å². The largest absolute Gasteiger partial charge is 0.306 e. The monoisotopic (exact) mass is 231 g/mol. The maximum Gasteiger partial charge on any atom is 0.0499 e. The first-order valence-corrected chi connectivity index (χ1v) is 7.24. The fourth-order valence-corrected chi connectivity index (χ4v) is 1.80. The second-order valence-electron chi connectivity index (χ2n) is 4.35. The molecule has 0 heterocycles. The van der Waals surface area contributed by atoms with Gasteiger partial charge in [0.05, 0.1) is 0 Å². The van der Waals surface area contributed by atoms with E-state index in [0.29, 0.717) is 5.37 Å². The SMILES string of the molecule is CCCCCCCCCCNC(S)CC. The highest BCUT2D eigenvalue weighted by Crippen LogP contribution is 2.08. The van der Waals surface area contributed by atoms with E-state index in [1.165, 1.54) is 51.4 Å². The molecular formula is C13H29NS. The molecule has 0 radical (unpaired) electrons. The third kappa shape index (κ3) is 12.2.